The van der Waals surface area contributed by atoms with E-state index in [1.165, 1.54) is 19.2 Å². The summed E-state index contributed by atoms with van der Waals surface area (Å²) in [5.41, 5.74) is -1.11. The number of nitriles is 1. The number of nitrogens with zero attached hydrogens (tertiary/aromatic N) is 2. The van der Waals surface area contributed by atoms with E-state index in [9.17, 15) is 9.18 Å². The van der Waals surface area contributed by atoms with Gasteiger partial charge in [0.25, 0.3) is 0 Å². The van der Waals surface area contributed by atoms with E-state index in [0.717, 1.165) is 6.20 Å². The molecule has 0 aliphatic carbocycles. The monoisotopic (exact) mass is 221 g/mol. The van der Waals surface area contributed by atoms with Crippen LogP contribution in [0.3, 0.4) is 0 Å². The number of rotatable bonds is 3. The molecule has 1 N–H and O–H groups in total. The summed E-state index contributed by atoms with van der Waals surface area (Å²) in [7, 11) is 0. The van der Waals surface area contributed by atoms with Gasteiger partial charge in [0.05, 0.1) is 18.0 Å². The van der Waals surface area contributed by atoms with Crippen LogP contribution in [0.5, 0.6) is 0 Å². The number of carbonyl (C=O) groups excluding carboxylic acids is 1. The third-order valence-electron chi connectivity index (χ3n) is 2.48. The van der Waals surface area contributed by atoms with Gasteiger partial charge in [-0.3, -0.25) is 9.78 Å². The van der Waals surface area contributed by atoms with Crippen LogP contribution < -0.4 is 5.32 Å². The number of halogens is 1. The molecule has 0 saturated heterocycles. The Labute approximate surface area is 93.1 Å². The van der Waals surface area contributed by atoms with Gasteiger partial charge in [-0.1, -0.05) is 6.92 Å². The number of hydrogen-bond acceptors (Lipinski definition) is 3. The number of aromatic nitrogens is 1. The predicted octanol–water partition coefficient (Wildman–Crippen LogP) is 2.10. The summed E-state index contributed by atoms with van der Waals surface area (Å²) in [4.78, 5) is 15.3. The molecule has 0 saturated carbocycles. The lowest BCUT2D eigenvalue weighted by molar-refractivity contribution is -0.122. The second-order valence-corrected chi connectivity index (χ2v) is 3.61. The molecule has 0 aliphatic rings. The predicted molar refractivity (Wildman–Crippen MR) is 56.8 cm³/mol. The summed E-state index contributed by atoms with van der Waals surface area (Å²) in [6, 6.07) is 3.27. The molecule has 16 heavy (non-hydrogen) atoms. The Kier molecular flexibility index (Phi) is 3.56. The summed E-state index contributed by atoms with van der Waals surface area (Å²) in [6.07, 6.45) is 2.74. The van der Waals surface area contributed by atoms with Gasteiger partial charge < -0.3 is 5.32 Å². The molecule has 1 aromatic heterocycles. The third-order valence-corrected chi connectivity index (χ3v) is 2.48. The average molecular weight is 221 g/mol. The minimum absolute atomic E-state index is 0.0370. The molecular formula is C11H12FN3O. The summed E-state index contributed by atoms with van der Waals surface area (Å²) in [5.74, 6) is -1.13. The molecule has 84 valence electrons. The van der Waals surface area contributed by atoms with Gasteiger partial charge in [-0.15, -0.1) is 0 Å². The Morgan fingerprint density at radius 3 is 2.94 bits per heavy atom. The Morgan fingerprint density at radius 1 is 1.75 bits per heavy atom. The fourth-order valence-corrected chi connectivity index (χ4v) is 1.03. The molecule has 0 aliphatic heterocycles. The van der Waals surface area contributed by atoms with E-state index >= 15 is 0 Å². The van der Waals surface area contributed by atoms with Gasteiger partial charge in [-0.25, -0.2) is 4.39 Å². The van der Waals surface area contributed by atoms with E-state index in [4.69, 9.17) is 5.26 Å². The summed E-state index contributed by atoms with van der Waals surface area (Å²) in [5, 5.41) is 11.3. The lowest BCUT2D eigenvalue weighted by Crippen LogP contribution is -2.31. The van der Waals surface area contributed by atoms with Crippen LogP contribution in [0.1, 0.15) is 20.3 Å². The maximum atomic E-state index is 13.2. The molecular weight excluding hydrogens is 209 g/mol. The first-order valence-electron chi connectivity index (χ1n) is 4.85. The van der Waals surface area contributed by atoms with Crippen molar-refractivity contribution >= 4 is 11.6 Å². The lowest BCUT2D eigenvalue weighted by Gasteiger charge is -2.18. The number of pyridine rings is 1. The molecule has 0 bridgehead atoms. The zero-order valence-corrected chi connectivity index (χ0v) is 9.12. The van der Waals surface area contributed by atoms with Crippen LogP contribution >= 0.6 is 0 Å². The van der Waals surface area contributed by atoms with E-state index in [2.05, 4.69) is 10.3 Å². The molecule has 4 nitrogen and oxygen atoms in total. The van der Waals surface area contributed by atoms with Crippen molar-refractivity contribution in [2.45, 2.75) is 20.3 Å². The molecule has 0 aromatic carbocycles. The number of nitrogens with one attached hydrogen (secondary N) is 1. The van der Waals surface area contributed by atoms with Crippen LogP contribution in [0.25, 0.3) is 0 Å². The molecule has 0 radical (unpaired) electrons. The van der Waals surface area contributed by atoms with Crippen molar-refractivity contribution in [3.63, 3.8) is 0 Å². The van der Waals surface area contributed by atoms with Gasteiger partial charge in [0, 0.05) is 6.20 Å². The molecule has 1 rings (SSSR count). The number of carbonyl (C=O) groups is 1. The maximum absolute atomic E-state index is 13.2. The highest BCUT2D eigenvalue weighted by atomic mass is 19.1. The highest BCUT2D eigenvalue weighted by molar-refractivity contribution is 5.96. The standard InChI is InChI=1S/C11H12FN3O/c1-3-11(2,7-13)10(16)15-9-4-5-14-6-8(9)12/h4-6H,3H2,1-2H3,(H,14,15,16). The van der Waals surface area contributed by atoms with Crippen LogP contribution in [0.15, 0.2) is 18.5 Å². The smallest absolute Gasteiger partial charge is 0.244 e. The van der Waals surface area contributed by atoms with Gasteiger partial charge in [0.15, 0.2) is 5.82 Å². The second-order valence-electron chi connectivity index (χ2n) is 3.61. The second kappa shape index (κ2) is 4.71. The van der Waals surface area contributed by atoms with E-state index in [1.54, 1.807) is 6.92 Å². The van der Waals surface area contributed by atoms with Gasteiger partial charge in [-0.05, 0) is 19.4 Å². The van der Waals surface area contributed by atoms with Crippen molar-refractivity contribution in [1.29, 1.82) is 5.26 Å². The molecule has 1 aromatic rings. The fraction of sp³-hybridized carbons (Fsp3) is 0.364. The van der Waals surface area contributed by atoms with Crippen molar-refractivity contribution in [1.82, 2.24) is 4.98 Å². The van der Waals surface area contributed by atoms with Crippen molar-refractivity contribution < 1.29 is 9.18 Å². The molecule has 0 fully saturated rings. The third kappa shape index (κ3) is 2.34. The fourth-order valence-electron chi connectivity index (χ4n) is 1.03. The van der Waals surface area contributed by atoms with Gasteiger partial charge in [0.1, 0.15) is 5.41 Å². The van der Waals surface area contributed by atoms with Crippen LogP contribution in [0.2, 0.25) is 0 Å². The van der Waals surface area contributed by atoms with Crippen molar-refractivity contribution in [2.24, 2.45) is 5.41 Å². The topological polar surface area (TPSA) is 65.8 Å². The van der Waals surface area contributed by atoms with Crippen LogP contribution in [-0.2, 0) is 4.79 Å². The largest absolute Gasteiger partial charge is 0.322 e. The van der Waals surface area contributed by atoms with Crippen LogP contribution in [0, 0.1) is 22.6 Å². The zero-order valence-electron chi connectivity index (χ0n) is 9.12. The van der Waals surface area contributed by atoms with Crippen molar-refractivity contribution in [3.8, 4) is 6.07 Å². The maximum Gasteiger partial charge on any atom is 0.244 e. The van der Waals surface area contributed by atoms with E-state index < -0.39 is 17.1 Å². The first-order chi connectivity index (χ1) is 7.53. The minimum Gasteiger partial charge on any atom is -0.322 e. The van der Waals surface area contributed by atoms with Crippen LogP contribution in [-0.4, -0.2) is 10.9 Å². The summed E-state index contributed by atoms with van der Waals surface area (Å²) in [6.45, 7) is 3.24. The summed E-state index contributed by atoms with van der Waals surface area (Å²) >= 11 is 0. The first kappa shape index (κ1) is 12.1. The van der Waals surface area contributed by atoms with E-state index in [0.29, 0.717) is 6.42 Å². The average Bonchev–Trinajstić information content (AvgIpc) is 2.31. The SMILES string of the molecule is CCC(C)(C#N)C(=O)Nc1ccncc1F. The molecule has 1 heterocycles. The number of amides is 1. The molecule has 0 spiro atoms. The van der Waals surface area contributed by atoms with Gasteiger partial charge in [0.2, 0.25) is 5.91 Å². The van der Waals surface area contributed by atoms with E-state index in [1.807, 2.05) is 6.07 Å². The first-order valence-corrected chi connectivity index (χ1v) is 4.85. The number of anilines is 1. The Morgan fingerprint density at radius 2 is 2.44 bits per heavy atom. The van der Waals surface area contributed by atoms with Crippen LogP contribution in [0.4, 0.5) is 10.1 Å². The van der Waals surface area contributed by atoms with Gasteiger partial charge >= 0.3 is 0 Å². The molecule has 5 heteroatoms. The highest BCUT2D eigenvalue weighted by Crippen LogP contribution is 2.22. The Balaban J connectivity index is 2.88. The van der Waals surface area contributed by atoms with Gasteiger partial charge in [-0.2, -0.15) is 5.26 Å². The quantitative estimate of drug-likeness (QED) is 0.849. The molecule has 1 amide bonds. The zero-order chi connectivity index (χ0) is 12.2. The van der Waals surface area contributed by atoms with E-state index in [-0.39, 0.29) is 5.69 Å². The minimum atomic E-state index is -1.14. The lowest BCUT2D eigenvalue weighted by atomic mass is 9.88. The number of hydrogen-bond donors (Lipinski definition) is 1. The van der Waals surface area contributed by atoms with Crippen molar-refractivity contribution in [2.75, 3.05) is 5.32 Å². The summed E-state index contributed by atoms with van der Waals surface area (Å²) < 4.78 is 13.2. The van der Waals surface area contributed by atoms with Crippen molar-refractivity contribution in [3.05, 3.63) is 24.3 Å². The normalized spacial score (nSPS) is 13.6. The Bertz CT molecular complexity index is 441. The molecule has 1 unspecified atom stereocenters. The molecule has 1 atom stereocenters. The highest BCUT2D eigenvalue weighted by Gasteiger charge is 2.31. The Hall–Kier alpha value is -1.96.